The number of amides is 1. The largest absolute Gasteiger partial charge is 0.478 e. The number of sulfonamides is 1. The molecule has 0 unspecified atom stereocenters. The lowest BCUT2D eigenvalue weighted by molar-refractivity contribution is -0.122. The molecular formula is C23H30N4O6S. The molecule has 1 aliphatic heterocycles. The number of nitrogens with one attached hydrogen (secondary N) is 2. The summed E-state index contributed by atoms with van der Waals surface area (Å²) < 4.78 is 32.8. The normalized spacial score (nSPS) is 14.6. The van der Waals surface area contributed by atoms with Gasteiger partial charge in [0.25, 0.3) is 10.0 Å². The first-order valence-electron chi connectivity index (χ1n) is 10.9. The fraction of sp³-hybridized carbons (Fsp3) is 0.391. The SMILES string of the molecule is COCCNC(=O)CN1CCN(c2ccc(NS(=O)(=O)c3cccc(C)c3)cc2C(=O)O)CC1. The monoisotopic (exact) mass is 490 g/mol. The van der Waals surface area contributed by atoms with Crippen LogP contribution in [0.3, 0.4) is 0 Å². The summed E-state index contributed by atoms with van der Waals surface area (Å²) in [6.45, 7) is 5.25. The van der Waals surface area contributed by atoms with Crippen molar-refractivity contribution in [3.8, 4) is 0 Å². The molecule has 184 valence electrons. The molecular weight excluding hydrogens is 460 g/mol. The lowest BCUT2D eigenvalue weighted by atomic mass is 10.1. The van der Waals surface area contributed by atoms with E-state index in [9.17, 15) is 23.1 Å². The maximum absolute atomic E-state index is 12.7. The summed E-state index contributed by atoms with van der Waals surface area (Å²) in [5, 5.41) is 12.6. The molecule has 0 radical (unpaired) electrons. The van der Waals surface area contributed by atoms with Gasteiger partial charge in [0.05, 0.1) is 29.3 Å². The Kier molecular flexibility index (Phi) is 8.48. The van der Waals surface area contributed by atoms with Crippen LogP contribution in [-0.4, -0.2) is 83.3 Å². The Morgan fingerprint density at radius 3 is 2.47 bits per heavy atom. The zero-order valence-electron chi connectivity index (χ0n) is 19.3. The summed E-state index contributed by atoms with van der Waals surface area (Å²) in [5.74, 6) is -1.23. The van der Waals surface area contributed by atoms with Crippen LogP contribution in [0.25, 0.3) is 0 Å². The van der Waals surface area contributed by atoms with E-state index in [-0.39, 0.29) is 28.6 Å². The third kappa shape index (κ3) is 6.69. The molecule has 0 aromatic heterocycles. The topological polar surface area (TPSA) is 128 Å². The summed E-state index contributed by atoms with van der Waals surface area (Å²) in [4.78, 5) is 28.0. The number of hydrogen-bond donors (Lipinski definition) is 3. The van der Waals surface area contributed by atoms with Gasteiger partial charge in [-0.25, -0.2) is 13.2 Å². The number of methoxy groups -OCH3 is 1. The Balaban J connectivity index is 1.67. The lowest BCUT2D eigenvalue weighted by Crippen LogP contribution is -2.50. The maximum atomic E-state index is 12.7. The molecule has 11 heteroatoms. The molecule has 2 aromatic carbocycles. The van der Waals surface area contributed by atoms with E-state index in [1.54, 1.807) is 44.4 Å². The van der Waals surface area contributed by atoms with E-state index in [1.807, 2.05) is 9.80 Å². The van der Waals surface area contributed by atoms with Gasteiger partial charge in [0.15, 0.2) is 0 Å². The number of carboxylic acid groups (broad SMARTS) is 1. The fourth-order valence-electron chi connectivity index (χ4n) is 3.74. The molecule has 1 aliphatic rings. The summed E-state index contributed by atoms with van der Waals surface area (Å²) >= 11 is 0. The number of piperazine rings is 1. The van der Waals surface area contributed by atoms with Gasteiger partial charge in [0.2, 0.25) is 5.91 Å². The van der Waals surface area contributed by atoms with Crippen LogP contribution in [0.1, 0.15) is 15.9 Å². The molecule has 0 aliphatic carbocycles. The number of carboxylic acids is 1. The Morgan fingerprint density at radius 2 is 1.82 bits per heavy atom. The highest BCUT2D eigenvalue weighted by molar-refractivity contribution is 7.92. The van der Waals surface area contributed by atoms with Gasteiger partial charge in [0.1, 0.15) is 0 Å². The van der Waals surface area contributed by atoms with Crippen LogP contribution in [0.2, 0.25) is 0 Å². The summed E-state index contributed by atoms with van der Waals surface area (Å²) in [5.41, 5.74) is 1.50. The second kappa shape index (κ2) is 11.3. The number of aromatic carboxylic acids is 1. The zero-order valence-corrected chi connectivity index (χ0v) is 20.1. The van der Waals surface area contributed by atoms with Crippen molar-refractivity contribution < 1.29 is 27.9 Å². The second-order valence-electron chi connectivity index (χ2n) is 8.07. The molecule has 0 spiro atoms. The van der Waals surface area contributed by atoms with Crippen molar-refractivity contribution in [1.82, 2.24) is 10.2 Å². The van der Waals surface area contributed by atoms with Crippen molar-refractivity contribution >= 4 is 33.3 Å². The van der Waals surface area contributed by atoms with E-state index < -0.39 is 16.0 Å². The number of anilines is 2. The van der Waals surface area contributed by atoms with Gasteiger partial charge in [-0.3, -0.25) is 14.4 Å². The highest BCUT2D eigenvalue weighted by Crippen LogP contribution is 2.27. The molecule has 0 atom stereocenters. The Labute approximate surface area is 199 Å². The van der Waals surface area contributed by atoms with Crippen LogP contribution >= 0.6 is 0 Å². The van der Waals surface area contributed by atoms with Crippen molar-refractivity contribution in [2.75, 3.05) is 62.6 Å². The first-order chi connectivity index (χ1) is 16.2. The van der Waals surface area contributed by atoms with Crippen LogP contribution in [0.15, 0.2) is 47.4 Å². The van der Waals surface area contributed by atoms with Gasteiger partial charge in [-0.15, -0.1) is 0 Å². The Hall–Kier alpha value is -3.15. The highest BCUT2D eigenvalue weighted by Gasteiger charge is 2.24. The third-order valence-electron chi connectivity index (χ3n) is 5.49. The van der Waals surface area contributed by atoms with E-state index in [0.717, 1.165) is 5.56 Å². The van der Waals surface area contributed by atoms with E-state index in [2.05, 4.69) is 10.0 Å². The predicted octanol–water partition coefficient (Wildman–Crippen LogP) is 1.38. The second-order valence-corrected chi connectivity index (χ2v) is 9.75. The number of benzene rings is 2. The third-order valence-corrected chi connectivity index (χ3v) is 6.87. The van der Waals surface area contributed by atoms with Gasteiger partial charge >= 0.3 is 5.97 Å². The Morgan fingerprint density at radius 1 is 1.09 bits per heavy atom. The molecule has 10 nitrogen and oxygen atoms in total. The number of aryl methyl sites for hydroxylation is 1. The molecule has 1 fully saturated rings. The van der Waals surface area contributed by atoms with Gasteiger partial charge < -0.3 is 20.1 Å². The summed E-state index contributed by atoms with van der Waals surface area (Å²) in [6.07, 6.45) is 0. The molecule has 3 N–H and O–H groups in total. The summed E-state index contributed by atoms with van der Waals surface area (Å²) in [6, 6.07) is 11.0. The minimum absolute atomic E-state index is 0.00945. The molecule has 3 rings (SSSR count). The lowest BCUT2D eigenvalue weighted by Gasteiger charge is -2.36. The molecule has 2 aromatic rings. The molecule has 0 saturated carbocycles. The molecule has 34 heavy (non-hydrogen) atoms. The van der Waals surface area contributed by atoms with Crippen LogP contribution in [0.4, 0.5) is 11.4 Å². The van der Waals surface area contributed by atoms with Crippen LogP contribution in [0.5, 0.6) is 0 Å². The van der Waals surface area contributed by atoms with Crippen molar-refractivity contribution in [2.45, 2.75) is 11.8 Å². The number of carbonyl (C=O) groups is 2. The van der Waals surface area contributed by atoms with Crippen LogP contribution in [0, 0.1) is 6.92 Å². The fourth-order valence-corrected chi connectivity index (χ4v) is 4.90. The first kappa shape index (κ1) is 25.5. The van der Waals surface area contributed by atoms with Gasteiger partial charge in [0, 0.05) is 45.5 Å². The van der Waals surface area contributed by atoms with Crippen LogP contribution < -0.4 is 14.9 Å². The molecule has 1 saturated heterocycles. The molecule has 0 bridgehead atoms. The van der Waals surface area contributed by atoms with Crippen LogP contribution in [-0.2, 0) is 19.6 Å². The smallest absolute Gasteiger partial charge is 0.337 e. The van der Waals surface area contributed by atoms with Crippen molar-refractivity contribution in [1.29, 1.82) is 0 Å². The van der Waals surface area contributed by atoms with Gasteiger partial charge in [-0.05, 0) is 42.8 Å². The quantitative estimate of drug-likeness (QED) is 0.426. The number of carbonyl (C=O) groups excluding carboxylic acids is 1. The minimum atomic E-state index is -3.85. The predicted molar refractivity (Wildman–Crippen MR) is 129 cm³/mol. The Bertz CT molecular complexity index is 1130. The van der Waals surface area contributed by atoms with Gasteiger partial charge in [-0.1, -0.05) is 12.1 Å². The maximum Gasteiger partial charge on any atom is 0.337 e. The number of hydrogen-bond acceptors (Lipinski definition) is 7. The standard InChI is InChI=1S/C23H30N4O6S/c1-17-4-3-5-19(14-17)34(31,32)25-18-6-7-21(20(15-18)23(29)30)27-11-9-26(10-12-27)16-22(28)24-8-13-33-2/h3-7,14-15,25H,8-13,16H2,1-2H3,(H,24,28)(H,29,30). The van der Waals surface area contributed by atoms with Crippen molar-refractivity contribution in [2.24, 2.45) is 0 Å². The van der Waals surface area contributed by atoms with Crippen molar-refractivity contribution in [3.63, 3.8) is 0 Å². The van der Waals surface area contributed by atoms with E-state index in [1.165, 1.54) is 12.1 Å². The highest BCUT2D eigenvalue weighted by atomic mass is 32.2. The van der Waals surface area contributed by atoms with E-state index >= 15 is 0 Å². The van der Waals surface area contributed by atoms with Gasteiger partial charge in [-0.2, -0.15) is 0 Å². The minimum Gasteiger partial charge on any atom is -0.478 e. The van der Waals surface area contributed by atoms with E-state index in [0.29, 0.717) is 45.0 Å². The van der Waals surface area contributed by atoms with Crippen molar-refractivity contribution in [3.05, 3.63) is 53.6 Å². The number of rotatable bonds is 10. The number of nitrogens with zero attached hydrogens (tertiary/aromatic N) is 2. The molecule has 1 heterocycles. The average Bonchev–Trinajstić information content (AvgIpc) is 2.79. The number of ether oxygens (including phenoxy) is 1. The first-order valence-corrected chi connectivity index (χ1v) is 12.4. The zero-order chi connectivity index (χ0) is 24.7. The summed E-state index contributed by atoms with van der Waals surface area (Å²) in [7, 11) is -2.28. The average molecular weight is 491 g/mol. The van der Waals surface area contributed by atoms with E-state index in [4.69, 9.17) is 4.74 Å². The molecule has 1 amide bonds.